The highest BCUT2D eigenvalue weighted by Gasteiger charge is 2.40. The second-order valence-electron chi connectivity index (χ2n) is 9.64. The number of ether oxygens (including phenoxy) is 3. The third-order valence-corrected chi connectivity index (χ3v) is 9.62. The maximum absolute atomic E-state index is 13.7. The third kappa shape index (κ3) is 3.73. The summed E-state index contributed by atoms with van der Waals surface area (Å²) in [6.07, 6.45) is 6.01. The zero-order valence-corrected chi connectivity index (χ0v) is 21.9. The number of para-hydroxylation sites is 1. The largest absolute Gasteiger partial charge is 0.493 e. The summed E-state index contributed by atoms with van der Waals surface area (Å²) in [5, 5.41) is 3.69. The van der Waals surface area contributed by atoms with Gasteiger partial charge in [-0.25, -0.2) is 8.42 Å². The van der Waals surface area contributed by atoms with Crippen LogP contribution in [0.4, 0.5) is 11.4 Å². The summed E-state index contributed by atoms with van der Waals surface area (Å²) >= 11 is 0. The minimum atomic E-state index is -3.67. The highest BCUT2D eigenvalue weighted by molar-refractivity contribution is 7.92. The molecule has 0 aromatic heterocycles. The van der Waals surface area contributed by atoms with Gasteiger partial charge in [0, 0.05) is 18.2 Å². The first-order chi connectivity index (χ1) is 18.0. The second kappa shape index (κ2) is 9.03. The van der Waals surface area contributed by atoms with Crippen LogP contribution in [0.15, 0.2) is 71.6 Å². The Morgan fingerprint density at radius 2 is 1.70 bits per heavy atom. The SMILES string of the molecule is COc1cc(C2Nc3ccc(S(=O)(=O)N4CCc5ccccc54)cc3C3C=CCC32)cc(OC)c1OC. The lowest BCUT2D eigenvalue weighted by molar-refractivity contribution is 0.322. The van der Waals surface area contributed by atoms with E-state index >= 15 is 0 Å². The van der Waals surface area contributed by atoms with Crippen molar-refractivity contribution < 1.29 is 22.6 Å². The summed E-state index contributed by atoms with van der Waals surface area (Å²) in [4.78, 5) is 0.329. The molecule has 7 nitrogen and oxygen atoms in total. The van der Waals surface area contributed by atoms with Gasteiger partial charge in [0.2, 0.25) is 5.75 Å². The Hall–Kier alpha value is -3.65. The Kier molecular flexibility index (Phi) is 5.79. The summed E-state index contributed by atoms with van der Waals surface area (Å²) in [6, 6.07) is 17.2. The fourth-order valence-corrected chi connectivity index (χ4v) is 7.57. The fourth-order valence-electron chi connectivity index (χ4n) is 6.03. The quantitative estimate of drug-likeness (QED) is 0.447. The molecule has 3 aliphatic rings. The average molecular weight is 519 g/mol. The molecule has 0 saturated carbocycles. The van der Waals surface area contributed by atoms with E-state index in [0.29, 0.717) is 28.7 Å². The molecule has 192 valence electrons. The number of methoxy groups -OCH3 is 3. The smallest absolute Gasteiger partial charge is 0.264 e. The average Bonchev–Trinajstić information content (AvgIpc) is 3.59. The van der Waals surface area contributed by atoms with Crippen LogP contribution in [0.2, 0.25) is 0 Å². The summed E-state index contributed by atoms with van der Waals surface area (Å²) in [7, 11) is 1.16. The van der Waals surface area contributed by atoms with Crippen LogP contribution in [0.5, 0.6) is 17.2 Å². The van der Waals surface area contributed by atoms with E-state index in [2.05, 4.69) is 17.5 Å². The van der Waals surface area contributed by atoms with Gasteiger partial charge < -0.3 is 19.5 Å². The zero-order chi connectivity index (χ0) is 25.7. The molecule has 6 rings (SSSR count). The molecule has 3 aromatic rings. The van der Waals surface area contributed by atoms with Crippen LogP contribution in [0.3, 0.4) is 0 Å². The molecule has 0 amide bonds. The van der Waals surface area contributed by atoms with Crippen molar-refractivity contribution in [2.45, 2.75) is 29.7 Å². The molecule has 0 fully saturated rings. The predicted octanol–water partition coefficient (Wildman–Crippen LogP) is 5.29. The van der Waals surface area contributed by atoms with Crippen LogP contribution in [0, 0.1) is 5.92 Å². The van der Waals surface area contributed by atoms with E-state index in [4.69, 9.17) is 14.2 Å². The summed E-state index contributed by atoms with van der Waals surface area (Å²) in [5.74, 6) is 2.10. The lowest BCUT2D eigenvalue weighted by atomic mass is 9.77. The van der Waals surface area contributed by atoms with E-state index in [1.807, 2.05) is 48.5 Å². The lowest BCUT2D eigenvalue weighted by Crippen LogP contribution is -2.31. The number of anilines is 2. The molecule has 8 heteroatoms. The molecular formula is C29H30N2O5S. The number of nitrogens with one attached hydrogen (secondary N) is 1. The van der Waals surface area contributed by atoms with E-state index in [1.165, 1.54) is 0 Å². The van der Waals surface area contributed by atoms with Crippen molar-refractivity contribution >= 4 is 21.4 Å². The van der Waals surface area contributed by atoms with Crippen molar-refractivity contribution in [2.24, 2.45) is 5.92 Å². The predicted molar refractivity (Wildman–Crippen MR) is 144 cm³/mol. The Balaban J connectivity index is 1.38. The number of sulfonamides is 1. The molecule has 3 unspecified atom stereocenters. The van der Waals surface area contributed by atoms with Gasteiger partial charge in [0.25, 0.3) is 10.0 Å². The van der Waals surface area contributed by atoms with Gasteiger partial charge in [0.15, 0.2) is 11.5 Å². The standard InChI is InChI=1S/C29H30N2O5S/c1-34-26-15-19(16-27(35-2)29(26)36-3)28-22-9-6-8-21(22)23-17-20(11-12-24(23)30-28)37(32,33)31-14-13-18-7-4-5-10-25(18)31/h4-8,10-12,15-17,21-22,28,30H,9,13-14H2,1-3H3. The van der Waals surface area contributed by atoms with Gasteiger partial charge in [-0.3, -0.25) is 4.31 Å². The summed E-state index contributed by atoms with van der Waals surface area (Å²) in [5.41, 5.74) is 4.82. The van der Waals surface area contributed by atoms with Crippen molar-refractivity contribution in [2.75, 3.05) is 37.5 Å². The van der Waals surface area contributed by atoms with Crippen LogP contribution >= 0.6 is 0 Å². The second-order valence-corrected chi connectivity index (χ2v) is 11.5. The minimum absolute atomic E-state index is 0.00544. The molecule has 0 bridgehead atoms. The highest BCUT2D eigenvalue weighted by atomic mass is 32.2. The van der Waals surface area contributed by atoms with Crippen LogP contribution < -0.4 is 23.8 Å². The molecule has 2 aliphatic heterocycles. The first kappa shape index (κ1) is 23.7. The van der Waals surface area contributed by atoms with Crippen LogP contribution in [0.1, 0.15) is 35.1 Å². The number of rotatable bonds is 6. The van der Waals surface area contributed by atoms with Crippen LogP contribution in [0.25, 0.3) is 0 Å². The maximum Gasteiger partial charge on any atom is 0.264 e. The van der Waals surface area contributed by atoms with Crippen molar-refractivity contribution in [3.63, 3.8) is 0 Å². The van der Waals surface area contributed by atoms with Gasteiger partial charge in [0.05, 0.1) is 38.0 Å². The fraction of sp³-hybridized carbons (Fsp3) is 0.310. The van der Waals surface area contributed by atoms with Gasteiger partial charge in [-0.2, -0.15) is 0 Å². The molecule has 2 heterocycles. The number of allylic oxidation sites excluding steroid dienone is 2. The van der Waals surface area contributed by atoms with E-state index in [-0.39, 0.29) is 17.9 Å². The number of benzene rings is 3. The number of nitrogens with zero attached hydrogens (tertiary/aromatic N) is 1. The van der Waals surface area contributed by atoms with Crippen LogP contribution in [-0.2, 0) is 16.4 Å². The zero-order valence-electron chi connectivity index (χ0n) is 21.1. The molecule has 0 spiro atoms. The van der Waals surface area contributed by atoms with Crippen molar-refractivity contribution in [3.05, 3.63) is 83.4 Å². The lowest BCUT2D eigenvalue weighted by Gasteiger charge is -2.38. The van der Waals surface area contributed by atoms with Gasteiger partial charge in [0.1, 0.15) is 0 Å². The molecule has 37 heavy (non-hydrogen) atoms. The highest BCUT2D eigenvalue weighted by Crippen LogP contribution is 2.52. The number of fused-ring (bicyclic) bond motifs is 4. The Morgan fingerprint density at radius 3 is 2.43 bits per heavy atom. The Bertz CT molecular complexity index is 1470. The van der Waals surface area contributed by atoms with E-state index < -0.39 is 10.0 Å². The maximum atomic E-state index is 13.7. The molecule has 1 aliphatic carbocycles. The number of hydrogen-bond donors (Lipinski definition) is 1. The first-order valence-corrected chi connectivity index (χ1v) is 13.9. The van der Waals surface area contributed by atoms with E-state index in [9.17, 15) is 8.42 Å². The molecule has 0 radical (unpaired) electrons. The Labute approximate surface area is 217 Å². The molecule has 1 N–H and O–H groups in total. The topological polar surface area (TPSA) is 77.1 Å². The molecule has 3 aromatic carbocycles. The third-order valence-electron chi connectivity index (χ3n) is 7.81. The summed E-state index contributed by atoms with van der Waals surface area (Å²) < 4.78 is 45.7. The van der Waals surface area contributed by atoms with E-state index in [1.54, 1.807) is 31.7 Å². The van der Waals surface area contributed by atoms with Crippen molar-refractivity contribution in [1.82, 2.24) is 0 Å². The first-order valence-electron chi connectivity index (χ1n) is 12.4. The van der Waals surface area contributed by atoms with Crippen LogP contribution in [-0.4, -0.2) is 36.3 Å². The molecule has 0 saturated heterocycles. The van der Waals surface area contributed by atoms with Gasteiger partial charge in [-0.1, -0.05) is 30.4 Å². The summed E-state index contributed by atoms with van der Waals surface area (Å²) in [6.45, 7) is 0.464. The van der Waals surface area contributed by atoms with Crippen molar-refractivity contribution in [3.8, 4) is 17.2 Å². The van der Waals surface area contributed by atoms with Crippen molar-refractivity contribution in [1.29, 1.82) is 0 Å². The molecule has 3 atom stereocenters. The van der Waals surface area contributed by atoms with Gasteiger partial charge in [-0.15, -0.1) is 0 Å². The number of hydrogen-bond acceptors (Lipinski definition) is 6. The normalized spacial score (nSPS) is 21.6. The molecular weight excluding hydrogens is 488 g/mol. The Morgan fingerprint density at radius 1 is 0.946 bits per heavy atom. The van der Waals surface area contributed by atoms with E-state index in [0.717, 1.165) is 40.9 Å². The minimum Gasteiger partial charge on any atom is -0.493 e. The monoisotopic (exact) mass is 518 g/mol. The van der Waals surface area contributed by atoms with Gasteiger partial charge in [-0.05, 0) is 71.8 Å². The van der Waals surface area contributed by atoms with Gasteiger partial charge >= 0.3 is 0 Å².